The van der Waals surface area contributed by atoms with E-state index in [0.29, 0.717) is 6.07 Å². The molecule has 1 unspecified atom stereocenters. The predicted octanol–water partition coefficient (Wildman–Crippen LogP) is 1.85. The molecule has 110 valence electrons. The van der Waals surface area contributed by atoms with Crippen LogP contribution >= 0.6 is 0 Å². The van der Waals surface area contributed by atoms with E-state index in [1.165, 1.54) is 12.3 Å². The van der Waals surface area contributed by atoms with Crippen LogP contribution in [-0.4, -0.2) is 33.2 Å². The Morgan fingerprint density at radius 3 is 2.62 bits per heavy atom. The number of halogens is 2. The molecule has 0 saturated carbocycles. The Hall–Kier alpha value is -2.77. The maximum Gasteiger partial charge on any atom is 0.326 e. The number of benzene rings is 1. The Bertz CT molecular complexity index is 721. The van der Waals surface area contributed by atoms with Crippen molar-refractivity contribution < 1.29 is 28.6 Å². The molecule has 0 aliphatic rings. The lowest BCUT2D eigenvalue weighted by molar-refractivity contribution is -0.144. The highest BCUT2D eigenvalue weighted by molar-refractivity contribution is 5.94. The molecule has 0 aliphatic carbocycles. The predicted molar refractivity (Wildman–Crippen MR) is 69.0 cm³/mol. The molecule has 1 aromatic heterocycles. The first-order valence-electron chi connectivity index (χ1n) is 5.83. The molecule has 1 heterocycles. The van der Waals surface area contributed by atoms with E-state index in [1.807, 2.05) is 0 Å². The summed E-state index contributed by atoms with van der Waals surface area (Å²) in [5.41, 5.74) is 0. The van der Waals surface area contributed by atoms with Crippen molar-refractivity contribution in [2.75, 3.05) is 5.32 Å². The molecule has 0 aliphatic heterocycles. The minimum absolute atomic E-state index is 0.101. The zero-order valence-electron chi connectivity index (χ0n) is 10.5. The van der Waals surface area contributed by atoms with Crippen molar-refractivity contribution in [2.45, 2.75) is 12.5 Å². The summed E-state index contributed by atoms with van der Waals surface area (Å²) < 4.78 is 27.0. The van der Waals surface area contributed by atoms with Gasteiger partial charge in [0.2, 0.25) is 0 Å². The molecule has 0 fully saturated rings. The molecular weight excluding hydrogens is 286 g/mol. The van der Waals surface area contributed by atoms with Gasteiger partial charge in [-0.25, -0.2) is 18.6 Å². The highest BCUT2D eigenvalue weighted by Gasteiger charge is 2.22. The molecule has 0 bridgehead atoms. The van der Waals surface area contributed by atoms with Gasteiger partial charge in [0.15, 0.2) is 0 Å². The van der Waals surface area contributed by atoms with Gasteiger partial charge in [-0.3, -0.25) is 4.79 Å². The standard InChI is InChI=1S/C13H10F2N2O4/c14-7-3-6-1-2-16-12(11(6)8(15)4-7)17-9(13(20)21)5-10(18)19/h1-4,9H,5H2,(H,16,17)(H,18,19)(H,20,21). The van der Waals surface area contributed by atoms with Crippen molar-refractivity contribution in [3.8, 4) is 0 Å². The summed E-state index contributed by atoms with van der Waals surface area (Å²) in [6.45, 7) is 0. The molecule has 8 heteroatoms. The van der Waals surface area contributed by atoms with E-state index in [-0.39, 0.29) is 16.6 Å². The van der Waals surface area contributed by atoms with Gasteiger partial charge in [-0.2, -0.15) is 0 Å². The number of rotatable bonds is 5. The van der Waals surface area contributed by atoms with Crippen LogP contribution in [0.4, 0.5) is 14.6 Å². The van der Waals surface area contributed by atoms with Gasteiger partial charge < -0.3 is 15.5 Å². The molecule has 2 rings (SSSR count). The first-order valence-corrected chi connectivity index (χ1v) is 5.83. The normalized spacial score (nSPS) is 12.1. The summed E-state index contributed by atoms with van der Waals surface area (Å²) in [5.74, 6) is -4.60. The lowest BCUT2D eigenvalue weighted by atomic mass is 10.1. The molecule has 1 atom stereocenters. The minimum atomic E-state index is -1.48. The van der Waals surface area contributed by atoms with Crippen LogP contribution in [0.2, 0.25) is 0 Å². The molecule has 0 radical (unpaired) electrons. The molecule has 3 N–H and O–H groups in total. The van der Waals surface area contributed by atoms with Gasteiger partial charge in [-0.1, -0.05) is 0 Å². The molecule has 2 aromatic rings. The number of aromatic nitrogens is 1. The van der Waals surface area contributed by atoms with Crippen LogP contribution in [0, 0.1) is 11.6 Å². The van der Waals surface area contributed by atoms with Gasteiger partial charge in [-0.05, 0) is 17.5 Å². The molecule has 0 amide bonds. The lowest BCUT2D eigenvalue weighted by Gasteiger charge is -2.15. The zero-order valence-corrected chi connectivity index (χ0v) is 10.5. The maximum atomic E-state index is 13.8. The number of carbonyl (C=O) groups is 2. The van der Waals surface area contributed by atoms with Crippen molar-refractivity contribution >= 4 is 28.5 Å². The Morgan fingerprint density at radius 1 is 1.29 bits per heavy atom. The topological polar surface area (TPSA) is 99.5 Å². The Labute approximate surface area is 117 Å². The SMILES string of the molecule is O=C(O)CC(Nc1nccc2cc(F)cc(F)c12)C(=O)O. The number of nitrogens with one attached hydrogen (secondary N) is 1. The van der Waals surface area contributed by atoms with E-state index in [9.17, 15) is 18.4 Å². The Morgan fingerprint density at radius 2 is 2.00 bits per heavy atom. The molecule has 0 spiro atoms. The first kappa shape index (κ1) is 14.6. The number of hydrogen-bond acceptors (Lipinski definition) is 4. The zero-order chi connectivity index (χ0) is 15.6. The van der Waals surface area contributed by atoms with Crippen LogP contribution in [0.5, 0.6) is 0 Å². The van der Waals surface area contributed by atoms with Crippen LogP contribution in [-0.2, 0) is 9.59 Å². The summed E-state index contributed by atoms with van der Waals surface area (Å²) in [6.07, 6.45) is 0.527. The van der Waals surface area contributed by atoms with E-state index in [1.54, 1.807) is 0 Å². The van der Waals surface area contributed by atoms with Crippen molar-refractivity contribution in [1.82, 2.24) is 4.98 Å². The Balaban J connectivity index is 2.46. The van der Waals surface area contributed by atoms with Crippen LogP contribution < -0.4 is 5.32 Å². The maximum absolute atomic E-state index is 13.8. The summed E-state index contributed by atoms with van der Waals surface area (Å²) in [6, 6.07) is 1.59. The smallest absolute Gasteiger partial charge is 0.326 e. The fraction of sp³-hybridized carbons (Fsp3) is 0.154. The molecule has 0 saturated heterocycles. The van der Waals surface area contributed by atoms with E-state index in [4.69, 9.17) is 10.2 Å². The van der Waals surface area contributed by atoms with Crippen LogP contribution in [0.15, 0.2) is 24.4 Å². The van der Waals surface area contributed by atoms with E-state index in [0.717, 1.165) is 6.07 Å². The second-order valence-electron chi connectivity index (χ2n) is 4.28. The third-order valence-corrected chi connectivity index (χ3v) is 2.77. The van der Waals surface area contributed by atoms with Crippen molar-refractivity contribution in [2.24, 2.45) is 0 Å². The summed E-state index contributed by atoms with van der Waals surface area (Å²) in [4.78, 5) is 25.4. The number of anilines is 1. The van der Waals surface area contributed by atoms with Gasteiger partial charge in [-0.15, -0.1) is 0 Å². The molecule has 21 heavy (non-hydrogen) atoms. The third-order valence-electron chi connectivity index (χ3n) is 2.77. The number of carboxylic acid groups (broad SMARTS) is 2. The molecule has 6 nitrogen and oxygen atoms in total. The average Bonchev–Trinajstić information content (AvgIpc) is 2.36. The van der Waals surface area contributed by atoms with Crippen molar-refractivity contribution in [1.29, 1.82) is 0 Å². The number of hydrogen-bond donors (Lipinski definition) is 3. The number of pyridine rings is 1. The molecular formula is C13H10F2N2O4. The number of aliphatic carboxylic acids is 2. The second-order valence-corrected chi connectivity index (χ2v) is 4.28. The summed E-state index contributed by atoms with van der Waals surface area (Å²) in [5, 5.41) is 20.1. The third kappa shape index (κ3) is 3.22. The van der Waals surface area contributed by atoms with Gasteiger partial charge in [0.25, 0.3) is 0 Å². The first-order chi connectivity index (χ1) is 9.88. The van der Waals surface area contributed by atoms with Crippen molar-refractivity contribution in [3.05, 3.63) is 36.0 Å². The number of nitrogens with zero attached hydrogens (tertiary/aromatic N) is 1. The quantitative estimate of drug-likeness (QED) is 0.778. The van der Waals surface area contributed by atoms with Gasteiger partial charge in [0, 0.05) is 12.3 Å². The molecule has 1 aromatic carbocycles. The van der Waals surface area contributed by atoms with E-state index < -0.39 is 36.0 Å². The summed E-state index contributed by atoms with van der Waals surface area (Å²) in [7, 11) is 0. The Kier molecular flexibility index (Phi) is 3.97. The van der Waals surface area contributed by atoms with Crippen LogP contribution in [0.25, 0.3) is 10.8 Å². The highest BCUT2D eigenvalue weighted by atomic mass is 19.1. The average molecular weight is 296 g/mol. The fourth-order valence-corrected chi connectivity index (χ4v) is 1.88. The number of fused-ring (bicyclic) bond motifs is 1. The largest absolute Gasteiger partial charge is 0.481 e. The lowest BCUT2D eigenvalue weighted by Crippen LogP contribution is -2.32. The van der Waals surface area contributed by atoms with E-state index >= 15 is 0 Å². The van der Waals surface area contributed by atoms with Gasteiger partial charge >= 0.3 is 11.9 Å². The monoisotopic (exact) mass is 296 g/mol. The van der Waals surface area contributed by atoms with Crippen molar-refractivity contribution in [3.63, 3.8) is 0 Å². The van der Waals surface area contributed by atoms with Crippen LogP contribution in [0.1, 0.15) is 6.42 Å². The summed E-state index contributed by atoms with van der Waals surface area (Å²) >= 11 is 0. The van der Waals surface area contributed by atoms with Gasteiger partial charge in [0.05, 0.1) is 11.8 Å². The highest BCUT2D eigenvalue weighted by Crippen LogP contribution is 2.26. The van der Waals surface area contributed by atoms with Crippen LogP contribution in [0.3, 0.4) is 0 Å². The van der Waals surface area contributed by atoms with E-state index in [2.05, 4.69) is 10.3 Å². The number of carboxylic acids is 2. The minimum Gasteiger partial charge on any atom is -0.481 e. The van der Waals surface area contributed by atoms with Gasteiger partial charge in [0.1, 0.15) is 23.5 Å². The fourth-order valence-electron chi connectivity index (χ4n) is 1.88. The second kappa shape index (κ2) is 5.70.